The van der Waals surface area contributed by atoms with E-state index in [1.165, 1.54) is 27.8 Å². The molecule has 47 heavy (non-hydrogen) atoms. The molecule has 2 fully saturated rings. The lowest BCUT2D eigenvalue weighted by atomic mass is 9.94. The molecule has 0 spiro atoms. The van der Waals surface area contributed by atoms with E-state index in [1.807, 2.05) is 18.5 Å². The first-order chi connectivity index (χ1) is 22.7. The fourth-order valence-corrected chi connectivity index (χ4v) is 5.77. The highest BCUT2D eigenvalue weighted by Gasteiger charge is 2.46. The van der Waals surface area contributed by atoms with Crippen LogP contribution in [0.3, 0.4) is 0 Å². The van der Waals surface area contributed by atoms with Gasteiger partial charge in [0.15, 0.2) is 0 Å². The van der Waals surface area contributed by atoms with Crippen molar-refractivity contribution in [2.24, 2.45) is 0 Å². The average Bonchev–Trinajstić information content (AvgIpc) is 4.04. The van der Waals surface area contributed by atoms with Crippen LogP contribution in [0, 0.1) is 6.92 Å². The summed E-state index contributed by atoms with van der Waals surface area (Å²) in [6.07, 6.45) is 4.43. The van der Waals surface area contributed by atoms with Crippen molar-refractivity contribution in [1.29, 1.82) is 0 Å². The molecule has 0 aliphatic heterocycles. The van der Waals surface area contributed by atoms with E-state index < -0.39 is 37.1 Å². The van der Waals surface area contributed by atoms with Gasteiger partial charge in [0.05, 0.1) is 18.8 Å². The second-order valence-corrected chi connectivity index (χ2v) is 12.8. The van der Waals surface area contributed by atoms with E-state index in [4.69, 9.17) is 9.84 Å². The maximum Gasteiger partial charge on any atom is 0.314 e. The molecule has 8 N–H and O–H groups in total. The van der Waals surface area contributed by atoms with Crippen LogP contribution in [0.5, 0.6) is 5.75 Å². The Morgan fingerprint density at radius 2 is 1.74 bits per heavy atom. The molecule has 2 aromatic carbocycles. The number of carbonyl (C=O) groups is 1. The largest absolute Gasteiger partial charge is 0.490 e. The number of amides is 2. The van der Waals surface area contributed by atoms with Crippen molar-refractivity contribution >= 4 is 6.03 Å². The number of aliphatic hydroxyl groups excluding tert-OH is 5. The lowest BCUT2D eigenvalue weighted by Gasteiger charge is -2.25. The molecular formula is C36H48N4O7. The highest BCUT2D eigenvalue weighted by atomic mass is 16.5. The van der Waals surface area contributed by atoms with Gasteiger partial charge in [-0.05, 0) is 91.8 Å². The number of benzene rings is 2. The molecule has 0 unspecified atom stereocenters. The number of hydrogen-bond acceptors (Lipinski definition) is 9. The molecule has 0 saturated heterocycles. The van der Waals surface area contributed by atoms with E-state index in [-0.39, 0.29) is 12.1 Å². The highest BCUT2D eigenvalue weighted by Crippen LogP contribution is 2.50. The van der Waals surface area contributed by atoms with Gasteiger partial charge in [-0.2, -0.15) is 0 Å². The van der Waals surface area contributed by atoms with Crippen LogP contribution in [0.15, 0.2) is 60.9 Å². The number of aryl methyl sites for hydroxylation is 2. The predicted octanol–water partition coefficient (Wildman–Crippen LogP) is 2.43. The van der Waals surface area contributed by atoms with Crippen LogP contribution in [-0.4, -0.2) is 86.8 Å². The summed E-state index contributed by atoms with van der Waals surface area (Å²) in [4.78, 5) is 16.6. The first kappa shape index (κ1) is 34.7. The standard InChI is InChI=1S/C36H48N4O7/c1-23-9-10-24(6-4-5-16-38-35(46)39-21-30(42)33(44)34(45)31(43)22-41)18-25(23)19-40-36(14-15-36)29-20-37-17-13-27(29)28-7-2-3-8-32(28)47-26-11-12-26/h2-3,7-10,13,17-18,20,26,30-31,33-34,40-45H,4-6,11-12,14-16,19,21-22H2,1H3,(H2,38,39,46)/t30-,31+,33+,34+/m0/s1. The zero-order chi connectivity index (χ0) is 33.4. The second-order valence-electron chi connectivity index (χ2n) is 12.8. The summed E-state index contributed by atoms with van der Waals surface area (Å²) in [6, 6.07) is 16.5. The molecule has 11 nitrogen and oxygen atoms in total. The Labute approximate surface area is 276 Å². The number of unbranched alkanes of at least 4 members (excludes halogenated alkanes) is 1. The summed E-state index contributed by atoms with van der Waals surface area (Å²) in [5.74, 6) is 0.934. The van der Waals surface area contributed by atoms with Crippen molar-refractivity contribution in [3.05, 3.63) is 83.2 Å². The number of hydrogen-bond donors (Lipinski definition) is 8. The van der Waals surface area contributed by atoms with Gasteiger partial charge in [0.25, 0.3) is 0 Å². The monoisotopic (exact) mass is 648 g/mol. The van der Waals surface area contributed by atoms with Crippen LogP contribution in [0.1, 0.15) is 60.8 Å². The number of para-hydroxylation sites is 1. The second kappa shape index (κ2) is 16.0. The quantitative estimate of drug-likeness (QED) is 0.0963. The molecule has 0 radical (unpaired) electrons. The van der Waals surface area contributed by atoms with Gasteiger partial charge in [-0.3, -0.25) is 4.98 Å². The molecule has 2 amide bonds. The van der Waals surface area contributed by atoms with Gasteiger partial charge < -0.3 is 46.2 Å². The minimum absolute atomic E-state index is 0.125. The van der Waals surface area contributed by atoms with Crippen molar-refractivity contribution in [1.82, 2.24) is 20.9 Å². The average molecular weight is 649 g/mol. The van der Waals surface area contributed by atoms with Crippen LogP contribution >= 0.6 is 0 Å². The molecule has 5 rings (SSSR count). The summed E-state index contributed by atoms with van der Waals surface area (Å²) in [5, 5.41) is 56.8. The molecule has 1 aromatic heterocycles. The summed E-state index contributed by atoms with van der Waals surface area (Å²) < 4.78 is 6.26. The molecule has 2 aliphatic rings. The van der Waals surface area contributed by atoms with Crippen LogP contribution in [-0.2, 0) is 18.5 Å². The maximum absolute atomic E-state index is 12.1. The van der Waals surface area contributed by atoms with Crippen LogP contribution in [0.4, 0.5) is 4.79 Å². The molecule has 3 aromatic rings. The summed E-state index contributed by atoms with van der Waals surface area (Å²) in [5.41, 5.74) is 7.08. The molecule has 11 heteroatoms. The van der Waals surface area contributed by atoms with Gasteiger partial charge >= 0.3 is 6.03 Å². The van der Waals surface area contributed by atoms with Crippen molar-refractivity contribution in [2.75, 3.05) is 19.7 Å². The fourth-order valence-electron chi connectivity index (χ4n) is 5.77. The van der Waals surface area contributed by atoms with Crippen LogP contribution in [0.2, 0.25) is 0 Å². The molecule has 1 heterocycles. The molecule has 0 bridgehead atoms. The highest BCUT2D eigenvalue weighted by molar-refractivity contribution is 5.75. The number of carbonyl (C=O) groups excluding carboxylic acids is 1. The Kier molecular flexibility index (Phi) is 11.8. The number of pyridine rings is 1. The fraction of sp³-hybridized carbons (Fsp3) is 0.500. The van der Waals surface area contributed by atoms with E-state index in [1.54, 1.807) is 0 Å². The third-order valence-electron chi connectivity index (χ3n) is 9.09. The summed E-state index contributed by atoms with van der Waals surface area (Å²) in [6.45, 7) is 2.22. The molecule has 2 saturated carbocycles. The van der Waals surface area contributed by atoms with E-state index in [0.717, 1.165) is 62.8 Å². The number of aromatic nitrogens is 1. The van der Waals surface area contributed by atoms with Crippen molar-refractivity contribution in [2.45, 2.75) is 94.5 Å². The van der Waals surface area contributed by atoms with Gasteiger partial charge in [0, 0.05) is 43.1 Å². The Morgan fingerprint density at radius 3 is 2.49 bits per heavy atom. The van der Waals surface area contributed by atoms with Crippen LogP contribution in [0.25, 0.3) is 11.1 Å². The van der Waals surface area contributed by atoms with E-state index in [2.05, 4.69) is 70.3 Å². The lowest BCUT2D eigenvalue weighted by Crippen LogP contribution is -2.50. The predicted molar refractivity (Wildman–Crippen MR) is 178 cm³/mol. The number of urea groups is 1. The van der Waals surface area contributed by atoms with Crippen molar-refractivity contribution in [3.8, 4) is 16.9 Å². The Hall–Kier alpha value is -3.58. The summed E-state index contributed by atoms with van der Waals surface area (Å²) >= 11 is 0. The Bertz CT molecular complexity index is 1480. The van der Waals surface area contributed by atoms with Crippen molar-refractivity contribution < 1.29 is 35.1 Å². The minimum atomic E-state index is -1.73. The third kappa shape index (κ3) is 9.28. The van der Waals surface area contributed by atoms with Gasteiger partial charge in [-0.1, -0.05) is 36.4 Å². The smallest absolute Gasteiger partial charge is 0.314 e. The molecular weight excluding hydrogens is 600 g/mol. The van der Waals surface area contributed by atoms with E-state index in [9.17, 15) is 25.2 Å². The van der Waals surface area contributed by atoms with Crippen LogP contribution < -0.4 is 20.7 Å². The first-order valence-electron chi connectivity index (χ1n) is 16.6. The van der Waals surface area contributed by atoms with Gasteiger partial charge in [0.1, 0.15) is 24.1 Å². The Morgan fingerprint density at radius 1 is 0.979 bits per heavy atom. The first-order valence-corrected chi connectivity index (χ1v) is 16.6. The normalized spacial score (nSPS) is 17.7. The zero-order valence-corrected chi connectivity index (χ0v) is 26.9. The number of aliphatic hydroxyl groups is 5. The van der Waals surface area contributed by atoms with Gasteiger partial charge in [0.2, 0.25) is 0 Å². The zero-order valence-electron chi connectivity index (χ0n) is 26.9. The SMILES string of the molecule is Cc1ccc(CCCCNC(=O)NC[C@H](O)[C@@H](O)[C@H](O)[C@H](O)CO)cc1CNC1(c2cnccc2-c2ccccc2OC2CC2)CC1. The number of rotatable bonds is 18. The van der Waals surface area contributed by atoms with Gasteiger partial charge in [-0.15, -0.1) is 0 Å². The van der Waals surface area contributed by atoms with Gasteiger partial charge in [-0.25, -0.2) is 4.79 Å². The Balaban J connectivity index is 1.09. The van der Waals surface area contributed by atoms with E-state index >= 15 is 0 Å². The number of nitrogens with zero attached hydrogens (tertiary/aromatic N) is 1. The van der Waals surface area contributed by atoms with E-state index in [0.29, 0.717) is 12.6 Å². The van der Waals surface area contributed by atoms with Crippen molar-refractivity contribution in [3.63, 3.8) is 0 Å². The molecule has 254 valence electrons. The summed E-state index contributed by atoms with van der Waals surface area (Å²) in [7, 11) is 0. The maximum atomic E-state index is 12.1. The topological polar surface area (TPSA) is 176 Å². The lowest BCUT2D eigenvalue weighted by molar-refractivity contribution is -0.113. The number of ether oxygens (including phenoxy) is 1. The molecule has 4 atom stereocenters. The minimum Gasteiger partial charge on any atom is -0.490 e. The molecule has 2 aliphatic carbocycles. The third-order valence-corrected chi connectivity index (χ3v) is 9.09. The number of nitrogens with one attached hydrogen (secondary N) is 3.